The van der Waals surface area contributed by atoms with E-state index in [1.165, 1.54) is 12.5 Å². The number of nitrogens with zero attached hydrogens (tertiary/aromatic N) is 1. The number of hydrogen-bond donors (Lipinski definition) is 5. The number of hydrogen-bond acceptors (Lipinski definition) is 5. The van der Waals surface area contributed by atoms with E-state index in [0.717, 1.165) is 49.3 Å². The van der Waals surface area contributed by atoms with Gasteiger partial charge in [0.2, 0.25) is 21.8 Å². The third-order valence-electron chi connectivity index (χ3n) is 7.87. The number of piperidine rings is 1. The van der Waals surface area contributed by atoms with E-state index in [0.29, 0.717) is 32.1 Å². The van der Waals surface area contributed by atoms with Crippen molar-refractivity contribution in [2.75, 3.05) is 26.2 Å². The van der Waals surface area contributed by atoms with E-state index in [4.69, 9.17) is 11.1 Å². The van der Waals surface area contributed by atoms with Crippen molar-refractivity contribution in [3.05, 3.63) is 42.5 Å². The Morgan fingerprint density at radius 2 is 1.56 bits per heavy atom. The minimum atomic E-state index is -4.06. The zero-order valence-corrected chi connectivity index (χ0v) is 23.1. The molecule has 10 nitrogen and oxygen atoms in total. The summed E-state index contributed by atoms with van der Waals surface area (Å²) in [5, 5.41) is 15.0. The number of fused-ring (bicyclic) bond motifs is 1. The second kappa shape index (κ2) is 13.3. The summed E-state index contributed by atoms with van der Waals surface area (Å²) >= 11 is 0. The summed E-state index contributed by atoms with van der Waals surface area (Å²) in [5.74, 6) is -0.219. The second-order valence-electron chi connectivity index (χ2n) is 10.8. The molecule has 0 aromatic heterocycles. The number of likely N-dealkylation sites (tertiary alicyclic amines) is 1. The first-order chi connectivity index (χ1) is 18.7. The average Bonchev–Trinajstić information content (AvgIpc) is 2.94. The number of nitrogens with two attached hydrogens (primary N) is 1. The summed E-state index contributed by atoms with van der Waals surface area (Å²) in [5.41, 5.74) is 5.56. The number of carbonyl (C=O) groups excluding carboxylic acids is 2. The number of benzene rings is 2. The number of sulfonamides is 1. The van der Waals surface area contributed by atoms with E-state index >= 15 is 0 Å². The molecule has 1 heterocycles. The summed E-state index contributed by atoms with van der Waals surface area (Å²) in [6.45, 7) is 2.23. The molecule has 39 heavy (non-hydrogen) atoms. The summed E-state index contributed by atoms with van der Waals surface area (Å²) < 4.78 is 29.1. The summed E-state index contributed by atoms with van der Waals surface area (Å²) in [6, 6.07) is 11.0. The predicted molar refractivity (Wildman–Crippen MR) is 151 cm³/mol. The Bertz CT molecular complexity index is 1270. The monoisotopic (exact) mass is 556 g/mol. The lowest BCUT2D eigenvalue weighted by molar-refractivity contribution is -0.128. The van der Waals surface area contributed by atoms with Crippen LogP contribution in [-0.4, -0.2) is 63.3 Å². The van der Waals surface area contributed by atoms with Crippen LogP contribution in [0.3, 0.4) is 0 Å². The zero-order chi connectivity index (χ0) is 27.8. The Kier molecular flexibility index (Phi) is 9.79. The van der Waals surface area contributed by atoms with E-state index in [2.05, 4.69) is 15.4 Å². The lowest BCUT2D eigenvalue weighted by Crippen LogP contribution is -2.50. The average molecular weight is 557 g/mol. The van der Waals surface area contributed by atoms with Gasteiger partial charge in [0.15, 0.2) is 5.96 Å². The summed E-state index contributed by atoms with van der Waals surface area (Å²) in [7, 11) is -4.06. The lowest BCUT2D eigenvalue weighted by Gasteiger charge is -2.32. The fourth-order valence-electron chi connectivity index (χ4n) is 5.43. The van der Waals surface area contributed by atoms with Gasteiger partial charge in [-0.05, 0) is 60.4 Å². The van der Waals surface area contributed by atoms with Crippen LogP contribution >= 0.6 is 0 Å². The number of rotatable bonds is 10. The van der Waals surface area contributed by atoms with Gasteiger partial charge < -0.3 is 21.3 Å². The van der Waals surface area contributed by atoms with Gasteiger partial charge in [0, 0.05) is 26.2 Å². The predicted octanol–water partition coefficient (Wildman–Crippen LogP) is 2.29. The molecule has 0 radical (unpaired) electrons. The molecule has 2 fully saturated rings. The highest BCUT2D eigenvalue weighted by atomic mass is 32.2. The minimum absolute atomic E-state index is 0.0453. The van der Waals surface area contributed by atoms with Crippen LogP contribution in [0.1, 0.15) is 51.4 Å². The Morgan fingerprint density at radius 1 is 0.923 bits per heavy atom. The van der Waals surface area contributed by atoms with Crippen molar-refractivity contribution in [2.24, 2.45) is 17.6 Å². The maximum absolute atomic E-state index is 13.3. The SMILES string of the molecule is N=C(N)N1CCC(CNC(=O)CC(NS(=O)(=O)c2ccc3ccccc3c2)C(=O)NCC2CCCCC2)CC1. The van der Waals surface area contributed by atoms with Crippen LogP contribution in [0.15, 0.2) is 47.4 Å². The fraction of sp³-hybridized carbons (Fsp3) is 0.536. The largest absolute Gasteiger partial charge is 0.370 e. The highest BCUT2D eigenvalue weighted by Gasteiger charge is 2.29. The Labute approximate surface area is 230 Å². The Morgan fingerprint density at radius 3 is 2.26 bits per heavy atom. The molecule has 1 aliphatic carbocycles. The number of nitrogens with one attached hydrogen (secondary N) is 4. The molecular weight excluding hydrogens is 516 g/mol. The standard InChI is InChI=1S/C28H40N6O4S/c29-28(30)34-14-12-21(13-15-34)18-31-26(35)17-25(27(36)32-19-20-6-2-1-3-7-20)33-39(37,38)24-11-10-22-8-4-5-9-23(22)16-24/h4-5,8-11,16,20-21,25,33H,1-3,6-7,12-15,17-19H2,(H3,29,30)(H,31,35)(H,32,36). The van der Waals surface area contributed by atoms with Gasteiger partial charge in [-0.1, -0.05) is 49.6 Å². The Hall–Kier alpha value is -3.18. The maximum Gasteiger partial charge on any atom is 0.241 e. The molecule has 212 valence electrons. The number of amides is 2. The highest BCUT2D eigenvalue weighted by Crippen LogP contribution is 2.23. The maximum atomic E-state index is 13.3. The van der Waals surface area contributed by atoms with Crippen molar-refractivity contribution in [3.8, 4) is 0 Å². The molecule has 2 aromatic rings. The van der Waals surface area contributed by atoms with E-state index in [1.54, 1.807) is 17.0 Å². The molecule has 2 aliphatic rings. The molecule has 1 saturated heterocycles. The van der Waals surface area contributed by atoms with Crippen LogP contribution in [0.25, 0.3) is 10.8 Å². The van der Waals surface area contributed by atoms with Crippen LogP contribution in [-0.2, 0) is 19.6 Å². The molecule has 1 unspecified atom stereocenters. The van der Waals surface area contributed by atoms with Crippen molar-refractivity contribution in [2.45, 2.75) is 62.3 Å². The quantitative estimate of drug-likeness (QED) is 0.223. The first-order valence-corrected chi connectivity index (χ1v) is 15.3. The normalized spacial score (nSPS) is 18.0. The molecule has 4 rings (SSSR count). The van der Waals surface area contributed by atoms with E-state index in [9.17, 15) is 18.0 Å². The summed E-state index contributed by atoms with van der Waals surface area (Å²) in [6.07, 6.45) is 6.83. The third kappa shape index (κ3) is 8.15. The van der Waals surface area contributed by atoms with Gasteiger partial charge in [0.1, 0.15) is 6.04 Å². The van der Waals surface area contributed by atoms with Crippen molar-refractivity contribution in [1.29, 1.82) is 5.41 Å². The molecule has 1 atom stereocenters. The van der Waals surface area contributed by atoms with E-state index in [-0.39, 0.29) is 29.1 Å². The highest BCUT2D eigenvalue weighted by molar-refractivity contribution is 7.89. The Balaban J connectivity index is 1.40. The van der Waals surface area contributed by atoms with Crippen LogP contribution in [0, 0.1) is 17.2 Å². The van der Waals surface area contributed by atoms with Gasteiger partial charge in [0.05, 0.1) is 11.3 Å². The van der Waals surface area contributed by atoms with Crippen LogP contribution in [0.2, 0.25) is 0 Å². The minimum Gasteiger partial charge on any atom is -0.370 e. The number of guanidine groups is 1. The smallest absolute Gasteiger partial charge is 0.241 e. The third-order valence-corrected chi connectivity index (χ3v) is 9.34. The van der Waals surface area contributed by atoms with Gasteiger partial charge in [0.25, 0.3) is 0 Å². The van der Waals surface area contributed by atoms with Crippen molar-refractivity contribution in [3.63, 3.8) is 0 Å². The van der Waals surface area contributed by atoms with Crippen molar-refractivity contribution in [1.82, 2.24) is 20.3 Å². The van der Waals surface area contributed by atoms with Gasteiger partial charge in [-0.25, -0.2) is 8.42 Å². The topological polar surface area (TPSA) is 157 Å². The molecule has 0 spiro atoms. The van der Waals surface area contributed by atoms with Crippen LogP contribution < -0.4 is 21.1 Å². The summed E-state index contributed by atoms with van der Waals surface area (Å²) in [4.78, 5) is 27.9. The molecule has 6 N–H and O–H groups in total. The fourth-order valence-corrected chi connectivity index (χ4v) is 6.66. The van der Waals surface area contributed by atoms with Gasteiger partial charge >= 0.3 is 0 Å². The number of carbonyl (C=O) groups is 2. The molecule has 1 saturated carbocycles. The molecule has 2 aromatic carbocycles. The first kappa shape index (κ1) is 28.8. The van der Waals surface area contributed by atoms with Crippen LogP contribution in [0.5, 0.6) is 0 Å². The second-order valence-corrected chi connectivity index (χ2v) is 12.5. The lowest BCUT2D eigenvalue weighted by atomic mass is 9.89. The van der Waals surface area contributed by atoms with Gasteiger partial charge in [-0.15, -0.1) is 0 Å². The molecule has 0 bridgehead atoms. The van der Waals surface area contributed by atoms with Gasteiger partial charge in [-0.3, -0.25) is 15.0 Å². The first-order valence-electron chi connectivity index (χ1n) is 13.9. The zero-order valence-electron chi connectivity index (χ0n) is 22.3. The van der Waals surface area contributed by atoms with Crippen LogP contribution in [0.4, 0.5) is 0 Å². The van der Waals surface area contributed by atoms with E-state index in [1.807, 2.05) is 24.3 Å². The molecule has 11 heteroatoms. The molecular formula is C28H40N6O4S. The molecule has 1 aliphatic heterocycles. The van der Waals surface area contributed by atoms with E-state index < -0.39 is 22.0 Å². The van der Waals surface area contributed by atoms with Crippen molar-refractivity contribution >= 4 is 38.6 Å². The molecule has 2 amide bonds. The van der Waals surface area contributed by atoms with Gasteiger partial charge in [-0.2, -0.15) is 4.72 Å². The van der Waals surface area contributed by atoms with Crippen molar-refractivity contribution < 1.29 is 18.0 Å².